The molecular weight excluding hydrogens is 518 g/mol. The third kappa shape index (κ3) is 3.99. The first kappa shape index (κ1) is 22.3. The van der Waals surface area contributed by atoms with Crippen LogP contribution >= 0.6 is 27.7 Å². The van der Waals surface area contributed by atoms with Gasteiger partial charge in [-0.3, -0.25) is 4.79 Å². The van der Waals surface area contributed by atoms with Crippen molar-refractivity contribution in [2.45, 2.75) is 16.3 Å². The lowest BCUT2D eigenvalue weighted by molar-refractivity contribution is 0.414. The first-order valence-corrected chi connectivity index (χ1v) is 11.9. The fraction of sp³-hybridized carbons (Fsp3) is 0.0769. The van der Waals surface area contributed by atoms with Crippen molar-refractivity contribution in [3.8, 4) is 11.5 Å². The highest BCUT2D eigenvalue weighted by molar-refractivity contribution is 9.10. The summed E-state index contributed by atoms with van der Waals surface area (Å²) in [4.78, 5) is 27.2. The summed E-state index contributed by atoms with van der Waals surface area (Å²) in [6.07, 6.45) is 0. The molecule has 170 valence electrons. The number of aromatic nitrogens is 1. The van der Waals surface area contributed by atoms with Crippen LogP contribution in [-0.4, -0.2) is 16.8 Å². The number of fused-ring (bicyclic) bond motifs is 3. The largest absolute Gasteiger partial charge is 0.505 e. The Balaban J connectivity index is 1.74. The van der Waals surface area contributed by atoms with E-state index in [-0.39, 0.29) is 28.2 Å². The molecule has 6 nitrogen and oxygen atoms in total. The molecule has 0 atom stereocenters. The predicted molar refractivity (Wildman–Crippen MR) is 136 cm³/mol. The molecule has 3 aromatic carbocycles. The van der Waals surface area contributed by atoms with Gasteiger partial charge in [0.2, 0.25) is 0 Å². The van der Waals surface area contributed by atoms with Gasteiger partial charge in [0.05, 0.1) is 19.2 Å². The second-order valence-corrected chi connectivity index (χ2v) is 9.59. The van der Waals surface area contributed by atoms with Crippen molar-refractivity contribution in [1.82, 2.24) is 4.57 Å². The summed E-state index contributed by atoms with van der Waals surface area (Å²) in [7, 11) is 1.59. The maximum absolute atomic E-state index is 13.7. The third-order valence-electron chi connectivity index (χ3n) is 5.47. The van der Waals surface area contributed by atoms with Gasteiger partial charge in [-0.25, -0.2) is 4.79 Å². The van der Waals surface area contributed by atoms with E-state index in [0.29, 0.717) is 16.7 Å². The summed E-state index contributed by atoms with van der Waals surface area (Å²) >= 11 is 4.45. The van der Waals surface area contributed by atoms with E-state index in [1.807, 2.05) is 48.5 Å². The summed E-state index contributed by atoms with van der Waals surface area (Å²) in [6.45, 7) is 0.270. The maximum atomic E-state index is 13.7. The highest BCUT2D eigenvalue weighted by Crippen LogP contribution is 2.37. The van der Waals surface area contributed by atoms with E-state index in [2.05, 4.69) is 15.9 Å². The van der Waals surface area contributed by atoms with Crippen molar-refractivity contribution in [2.24, 2.45) is 0 Å². The molecule has 5 rings (SSSR count). The molecule has 0 unspecified atom stereocenters. The van der Waals surface area contributed by atoms with E-state index < -0.39 is 11.2 Å². The zero-order valence-electron chi connectivity index (χ0n) is 17.9. The highest BCUT2D eigenvalue weighted by atomic mass is 79.9. The average molecular weight is 536 g/mol. The Hall–Kier alpha value is -3.49. The molecule has 34 heavy (non-hydrogen) atoms. The van der Waals surface area contributed by atoms with Gasteiger partial charge in [0.15, 0.2) is 11.3 Å². The Bertz CT molecular complexity index is 1660. The van der Waals surface area contributed by atoms with Crippen LogP contribution < -0.4 is 15.9 Å². The van der Waals surface area contributed by atoms with Crippen LogP contribution in [0.25, 0.3) is 21.9 Å². The SMILES string of the molecule is COc1ccc(Cn2c(=O)c3c(O)c(Sc4cccc(Br)c4)c(=O)oc3c3ccccc32)cc1. The van der Waals surface area contributed by atoms with Crippen molar-refractivity contribution >= 4 is 49.6 Å². The van der Waals surface area contributed by atoms with E-state index in [0.717, 1.165) is 26.7 Å². The number of para-hydroxylation sites is 1. The number of rotatable bonds is 5. The van der Waals surface area contributed by atoms with Gasteiger partial charge in [0.25, 0.3) is 5.56 Å². The van der Waals surface area contributed by atoms with Crippen LogP contribution in [0.15, 0.2) is 101 Å². The molecule has 0 fully saturated rings. The molecule has 0 bridgehead atoms. The quantitative estimate of drug-likeness (QED) is 0.287. The minimum Gasteiger partial charge on any atom is -0.505 e. The van der Waals surface area contributed by atoms with Crippen LogP contribution in [0, 0.1) is 0 Å². The standard InChI is InChI=1S/C26H18BrNO5S/c1-32-17-11-9-15(10-12-17)14-28-20-8-3-2-7-19(20)23-21(25(28)30)22(29)24(26(31)33-23)34-18-6-4-5-16(27)13-18/h2-13,29H,14H2,1H3. The number of ether oxygens (including phenoxy) is 1. The van der Waals surface area contributed by atoms with Crippen LogP contribution in [-0.2, 0) is 6.54 Å². The zero-order valence-corrected chi connectivity index (χ0v) is 20.4. The molecule has 5 aromatic rings. The summed E-state index contributed by atoms with van der Waals surface area (Å²) in [5.41, 5.74) is 0.417. The van der Waals surface area contributed by atoms with Crippen molar-refractivity contribution in [3.63, 3.8) is 0 Å². The van der Waals surface area contributed by atoms with Gasteiger partial charge in [0.1, 0.15) is 16.0 Å². The normalized spacial score (nSPS) is 11.2. The minimum atomic E-state index is -0.701. The second-order valence-electron chi connectivity index (χ2n) is 7.59. The molecule has 1 N–H and O–H groups in total. The van der Waals surface area contributed by atoms with Crippen LogP contribution in [0.2, 0.25) is 0 Å². The van der Waals surface area contributed by atoms with Crippen LogP contribution in [0.1, 0.15) is 5.56 Å². The van der Waals surface area contributed by atoms with Crippen LogP contribution in [0.4, 0.5) is 0 Å². The minimum absolute atomic E-state index is 0.0238. The number of methoxy groups -OCH3 is 1. The molecule has 0 aliphatic rings. The number of benzene rings is 3. The van der Waals surface area contributed by atoms with E-state index in [9.17, 15) is 14.7 Å². The Morgan fingerprint density at radius 2 is 1.79 bits per heavy atom. The van der Waals surface area contributed by atoms with Gasteiger partial charge in [-0.15, -0.1) is 0 Å². The zero-order chi connectivity index (χ0) is 23.8. The van der Waals surface area contributed by atoms with Gasteiger partial charge >= 0.3 is 5.63 Å². The van der Waals surface area contributed by atoms with Gasteiger partial charge in [-0.05, 0) is 48.0 Å². The number of aromatic hydroxyl groups is 1. The smallest absolute Gasteiger partial charge is 0.354 e. The number of hydrogen-bond acceptors (Lipinski definition) is 6. The molecule has 0 saturated heterocycles. The van der Waals surface area contributed by atoms with Crippen LogP contribution in [0.3, 0.4) is 0 Å². The summed E-state index contributed by atoms with van der Waals surface area (Å²) in [6, 6.07) is 21.9. The Morgan fingerprint density at radius 3 is 2.53 bits per heavy atom. The summed E-state index contributed by atoms with van der Waals surface area (Å²) < 4.78 is 13.3. The lowest BCUT2D eigenvalue weighted by Gasteiger charge is -2.14. The molecule has 0 aliphatic heterocycles. The van der Waals surface area contributed by atoms with E-state index in [4.69, 9.17) is 9.15 Å². The average Bonchev–Trinajstić information content (AvgIpc) is 2.84. The molecule has 2 heterocycles. The number of pyridine rings is 1. The van der Waals surface area contributed by atoms with Crippen LogP contribution in [0.5, 0.6) is 11.5 Å². The van der Waals surface area contributed by atoms with Gasteiger partial charge in [-0.1, -0.05) is 58.0 Å². The van der Waals surface area contributed by atoms with Crippen molar-refractivity contribution in [1.29, 1.82) is 0 Å². The Labute approximate surface area is 206 Å². The van der Waals surface area contributed by atoms with Crippen molar-refractivity contribution in [3.05, 3.63) is 104 Å². The molecule has 8 heteroatoms. The van der Waals surface area contributed by atoms with Crippen molar-refractivity contribution < 1.29 is 14.3 Å². The maximum Gasteiger partial charge on any atom is 0.354 e. The highest BCUT2D eigenvalue weighted by Gasteiger charge is 2.22. The lowest BCUT2D eigenvalue weighted by atomic mass is 10.1. The first-order valence-electron chi connectivity index (χ1n) is 10.3. The molecule has 0 radical (unpaired) electrons. The lowest BCUT2D eigenvalue weighted by Crippen LogP contribution is -2.22. The second kappa shape index (κ2) is 9.04. The van der Waals surface area contributed by atoms with Gasteiger partial charge in [0, 0.05) is 14.8 Å². The fourth-order valence-electron chi connectivity index (χ4n) is 3.85. The van der Waals surface area contributed by atoms with E-state index in [1.165, 1.54) is 0 Å². The Morgan fingerprint density at radius 1 is 1.03 bits per heavy atom. The molecule has 0 saturated carbocycles. The molecule has 2 aromatic heterocycles. The molecule has 0 amide bonds. The van der Waals surface area contributed by atoms with Gasteiger partial charge < -0.3 is 18.8 Å². The topological polar surface area (TPSA) is 81.7 Å². The van der Waals surface area contributed by atoms with Crippen molar-refractivity contribution in [2.75, 3.05) is 7.11 Å². The predicted octanol–water partition coefficient (Wildman–Crippen LogP) is 5.78. The molecular formula is C26H18BrNO5S. The van der Waals surface area contributed by atoms with E-state index >= 15 is 0 Å². The number of nitrogens with zero attached hydrogens (tertiary/aromatic N) is 1. The first-order chi connectivity index (χ1) is 16.5. The monoisotopic (exact) mass is 535 g/mol. The number of hydrogen-bond donors (Lipinski definition) is 1. The summed E-state index contributed by atoms with van der Waals surface area (Å²) in [5, 5.41) is 11.7. The third-order valence-corrected chi connectivity index (χ3v) is 7.02. The summed E-state index contributed by atoms with van der Waals surface area (Å²) in [5.74, 6) is 0.337. The Kier molecular flexibility index (Phi) is 5.93. The molecule has 0 aliphatic carbocycles. The fourth-order valence-corrected chi connectivity index (χ4v) is 5.29. The molecule has 0 spiro atoms. The number of halogens is 1. The van der Waals surface area contributed by atoms with Gasteiger partial charge in [-0.2, -0.15) is 0 Å². The van der Waals surface area contributed by atoms with E-state index in [1.54, 1.807) is 35.9 Å².